The molecule has 2 N–H and O–H groups in total. The molecular formula is C14H20BrClN2O. The second kappa shape index (κ2) is 7.27. The highest BCUT2D eigenvalue weighted by Gasteiger charge is 2.29. The highest BCUT2D eigenvalue weighted by Crippen LogP contribution is 2.24. The van der Waals surface area contributed by atoms with Crippen molar-refractivity contribution in [3.05, 3.63) is 34.3 Å². The summed E-state index contributed by atoms with van der Waals surface area (Å²) in [5.41, 5.74) is 6.53. The van der Waals surface area contributed by atoms with Crippen molar-refractivity contribution < 1.29 is 4.79 Å². The van der Waals surface area contributed by atoms with Gasteiger partial charge in [-0.2, -0.15) is 0 Å². The third-order valence-electron chi connectivity index (χ3n) is 3.58. The molecule has 0 saturated carbocycles. The Bertz CT molecular complexity index is 441. The first-order valence-electron chi connectivity index (χ1n) is 6.38. The predicted molar refractivity (Wildman–Crippen MR) is 83.7 cm³/mol. The van der Waals surface area contributed by atoms with Crippen LogP contribution >= 0.6 is 28.3 Å². The molecule has 106 valence electrons. The molecule has 1 aliphatic rings. The molecule has 0 aliphatic carbocycles. The maximum Gasteiger partial charge on any atom is 0.254 e. The highest BCUT2D eigenvalue weighted by molar-refractivity contribution is 9.10. The van der Waals surface area contributed by atoms with Gasteiger partial charge in [-0.3, -0.25) is 4.79 Å². The molecule has 2 atom stereocenters. The predicted octanol–water partition coefficient (Wildman–Crippen LogP) is 3.07. The number of carbonyl (C=O) groups excluding carboxylic acids is 1. The van der Waals surface area contributed by atoms with Crippen LogP contribution in [-0.4, -0.2) is 29.9 Å². The Labute approximate surface area is 129 Å². The number of piperidine rings is 1. The van der Waals surface area contributed by atoms with E-state index in [2.05, 4.69) is 22.9 Å². The molecule has 2 unspecified atom stereocenters. The van der Waals surface area contributed by atoms with E-state index in [0.29, 0.717) is 12.5 Å². The average Bonchev–Trinajstić information content (AvgIpc) is 2.37. The molecule has 1 heterocycles. The van der Waals surface area contributed by atoms with Crippen molar-refractivity contribution in [2.75, 3.05) is 13.1 Å². The summed E-state index contributed by atoms with van der Waals surface area (Å²) in [6.07, 6.45) is 2.08. The van der Waals surface area contributed by atoms with E-state index in [-0.39, 0.29) is 24.4 Å². The lowest BCUT2D eigenvalue weighted by molar-refractivity contribution is 0.0573. The largest absolute Gasteiger partial charge is 0.334 e. The van der Waals surface area contributed by atoms with Crippen LogP contribution in [-0.2, 0) is 0 Å². The van der Waals surface area contributed by atoms with Crippen LogP contribution in [0.1, 0.15) is 30.1 Å². The Hall–Kier alpha value is -0.580. The fourth-order valence-electron chi connectivity index (χ4n) is 2.53. The number of carbonyl (C=O) groups is 1. The molecule has 1 amide bonds. The van der Waals surface area contributed by atoms with Gasteiger partial charge < -0.3 is 10.6 Å². The summed E-state index contributed by atoms with van der Waals surface area (Å²) in [6.45, 7) is 3.59. The minimum absolute atomic E-state index is 0. The van der Waals surface area contributed by atoms with Gasteiger partial charge >= 0.3 is 0 Å². The fraction of sp³-hybridized carbons (Fsp3) is 0.500. The smallest absolute Gasteiger partial charge is 0.254 e. The molecule has 0 spiro atoms. The second-order valence-electron chi connectivity index (χ2n) is 5.03. The molecule has 2 rings (SSSR count). The van der Waals surface area contributed by atoms with Gasteiger partial charge in [0.15, 0.2) is 0 Å². The summed E-state index contributed by atoms with van der Waals surface area (Å²) in [6, 6.07) is 7.73. The van der Waals surface area contributed by atoms with Gasteiger partial charge in [0.25, 0.3) is 5.91 Å². The minimum Gasteiger partial charge on any atom is -0.334 e. The molecule has 19 heavy (non-hydrogen) atoms. The number of amides is 1. The average molecular weight is 348 g/mol. The molecular weight excluding hydrogens is 328 g/mol. The first-order valence-corrected chi connectivity index (χ1v) is 7.17. The van der Waals surface area contributed by atoms with E-state index >= 15 is 0 Å². The minimum atomic E-state index is 0. The van der Waals surface area contributed by atoms with Gasteiger partial charge in [-0.25, -0.2) is 0 Å². The topological polar surface area (TPSA) is 46.3 Å². The Kier molecular flexibility index (Phi) is 6.30. The third-order valence-corrected chi connectivity index (χ3v) is 4.08. The molecule has 0 aromatic heterocycles. The molecule has 0 radical (unpaired) electrons. The summed E-state index contributed by atoms with van der Waals surface area (Å²) >= 11 is 3.40. The molecule has 1 aromatic rings. The quantitative estimate of drug-likeness (QED) is 0.893. The number of rotatable bonds is 2. The zero-order valence-corrected chi connectivity index (χ0v) is 13.4. The van der Waals surface area contributed by atoms with Crippen LogP contribution in [0.25, 0.3) is 0 Å². The van der Waals surface area contributed by atoms with E-state index in [1.54, 1.807) is 0 Å². The van der Waals surface area contributed by atoms with Crippen LogP contribution in [0.5, 0.6) is 0 Å². The third kappa shape index (κ3) is 3.94. The maximum atomic E-state index is 12.5. The lowest BCUT2D eigenvalue weighted by Gasteiger charge is -2.38. The van der Waals surface area contributed by atoms with E-state index < -0.39 is 0 Å². The standard InChI is InChI=1S/C14H19BrN2O.ClH/c1-10-5-6-17(13(7-10)9-16)14(18)11-3-2-4-12(15)8-11;/h2-4,8,10,13H,5-7,9,16H2,1H3;1H. The van der Waals surface area contributed by atoms with Gasteiger partial charge in [-0.1, -0.05) is 28.9 Å². The Morgan fingerprint density at radius 1 is 1.53 bits per heavy atom. The normalized spacial score (nSPS) is 22.8. The van der Waals surface area contributed by atoms with Gasteiger partial charge in [0.05, 0.1) is 0 Å². The van der Waals surface area contributed by atoms with Gasteiger partial charge in [0, 0.05) is 29.2 Å². The number of nitrogens with zero attached hydrogens (tertiary/aromatic N) is 1. The van der Waals surface area contributed by atoms with Crippen molar-refractivity contribution in [3.63, 3.8) is 0 Å². The number of benzene rings is 1. The molecule has 1 saturated heterocycles. The van der Waals surface area contributed by atoms with Crippen LogP contribution in [0.4, 0.5) is 0 Å². The number of nitrogens with two attached hydrogens (primary N) is 1. The summed E-state index contributed by atoms with van der Waals surface area (Å²) in [7, 11) is 0. The van der Waals surface area contributed by atoms with E-state index in [4.69, 9.17) is 5.73 Å². The van der Waals surface area contributed by atoms with E-state index in [1.165, 1.54) is 0 Å². The number of hydrogen-bond acceptors (Lipinski definition) is 2. The monoisotopic (exact) mass is 346 g/mol. The van der Waals surface area contributed by atoms with Crippen LogP contribution in [0.15, 0.2) is 28.7 Å². The molecule has 1 aromatic carbocycles. The van der Waals surface area contributed by atoms with E-state index in [1.807, 2.05) is 29.2 Å². The summed E-state index contributed by atoms with van der Waals surface area (Å²) in [5, 5.41) is 0. The second-order valence-corrected chi connectivity index (χ2v) is 5.94. The van der Waals surface area contributed by atoms with Crippen LogP contribution in [0, 0.1) is 5.92 Å². The maximum absolute atomic E-state index is 12.5. The number of hydrogen-bond donors (Lipinski definition) is 1. The van der Waals surface area contributed by atoms with Gasteiger partial charge in [-0.05, 0) is 37.0 Å². The van der Waals surface area contributed by atoms with Crippen molar-refractivity contribution in [1.29, 1.82) is 0 Å². The lowest BCUT2D eigenvalue weighted by Crippen LogP contribution is -2.49. The van der Waals surface area contributed by atoms with Crippen molar-refractivity contribution >= 4 is 34.2 Å². The van der Waals surface area contributed by atoms with Crippen LogP contribution < -0.4 is 5.73 Å². The fourth-order valence-corrected chi connectivity index (χ4v) is 2.93. The first-order chi connectivity index (χ1) is 8.61. The van der Waals surface area contributed by atoms with Crippen molar-refractivity contribution in [2.45, 2.75) is 25.8 Å². The molecule has 3 nitrogen and oxygen atoms in total. The van der Waals surface area contributed by atoms with Gasteiger partial charge in [-0.15, -0.1) is 12.4 Å². The van der Waals surface area contributed by atoms with E-state index in [0.717, 1.165) is 29.4 Å². The highest BCUT2D eigenvalue weighted by atomic mass is 79.9. The first kappa shape index (κ1) is 16.5. The SMILES string of the molecule is CC1CCN(C(=O)c2cccc(Br)c2)C(CN)C1.Cl. The van der Waals surface area contributed by atoms with Crippen molar-refractivity contribution in [3.8, 4) is 0 Å². The Morgan fingerprint density at radius 2 is 2.26 bits per heavy atom. The van der Waals surface area contributed by atoms with Gasteiger partial charge in [0.1, 0.15) is 0 Å². The lowest BCUT2D eigenvalue weighted by atomic mass is 9.92. The van der Waals surface area contributed by atoms with E-state index in [9.17, 15) is 4.79 Å². The Morgan fingerprint density at radius 3 is 2.89 bits per heavy atom. The van der Waals surface area contributed by atoms with Crippen LogP contribution in [0.3, 0.4) is 0 Å². The zero-order chi connectivity index (χ0) is 13.1. The molecule has 0 bridgehead atoms. The van der Waals surface area contributed by atoms with Crippen LogP contribution in [0.2, 0.25) is 0 Å². The number of halogens is 2. The Balaban J connectivity index is 0.00000180. The number of likely N-dealkylation sites (tertiary alicyclic amines) is 1. The van der Waals surface area contributed by atoms with Crippen molar-refractivity contribution in [2.24, 2.45) is 11.7 Å². The van der Waals surface area contributed by atoms with Crippen molar-refractivity contribution in [1.82, 2.24) is 4.90 Å². The molecule has 5 heteroatoms. The molecule has 1 fully saturated rings. The summed E-state index contributed by atoms with van der Waals surface area (Å²) in [5.74, 6) is 0.753. The summed E-state index contributed by atoms with van der Waals surface area (Å²) < 4.78 is 0.933. The summed E-state index contributed by atoms with van der Waals surface area (Å²) in [4.78, 5) is 14.4. The molecule has 1 aliphatic heterocycles. The zero-order valence-electron chi connectivity index (χ0n) is 11.0. The van der Waals surface area contributed by atoms with Gasteiger partial charge in [0.2, 0.25) is 0 Å².